The maximum absolute atomic E-state index is 9.48. The molecule has 1 N–H and O–H groups in total. The minimum absolute atomic E-state index is 0.247. The lowest BCUT2D eigenvalue weighted by molar-refractivity contribution is 0.198. The summed E-state index contributed by atoms with van der Waals surface area (Å²) in [6, 6.07) is 0. The quantitative estimate of drug-likeness (QED) is 0.773. The van der Waals surface area contributed by atoms with Crippen LogP contribution in [0.3, 0.4) is 0 Å². The summed E-state index contributed by atoms with van der Waals surface area (Å²) in [6.07, 6.45) is 2.83. The molecule has 4 nitrogen and oxygen atoms in total. The third-order valence-corrected chi connectivity index (χ3v) is 3.01. The van der Waals surface area contributed by atoms with Gasteiger partial charge in [0.25, 0.3) is 0 Å². The Kier molecular flexibility index (Phi) is 3.07. The Morgan fingerprint density at radius 2 is 2.40 bits per heavy atom. The van der Waals surface area contributed by atoms with Gasteiger partial charge in [-0.25, -0.2) is 9.97 Å². The standard InChI is InChI=1S/C10H14ClN3O/c1-2-8-9(11)12-6-13-10(8)14-4-3-7(15)5-14/h6-7,15H,2-5H2,1H3. The first kappa shape index (κ1) is 10.6. The Morgan fingerprint density at radius 1 is 1.60 bits per heavy atom. The number of aromatic nitrogens is 2. The smallest absolute Gasteiger partial charge is 0.137 e. The van der Waals surface area contributed by atoms with Gasteiger partial charge in [-0.3, -0.25) is 0 Å². The van der Waals surface area contributed by atoms with Gasteiger partial charge < -0.3 is 10.0 Å². The Hall–Kier alpha value is -0.870. The molecular weight excluding hydrogens is 214 g/mol. The number of hydrogen-bond donors (Lipinski definition) is 1. The van der Waals surface area contributed by atoms with Crippen LogP contribution in [-0.4, -0.2) is 34.3 Å². The Labute approximate surface area is 93.9 Å². The van der Waals surface area contributed by atoms with Crippen molar-refractivity contribution in [3.8, 4) is 0 Å². The molecule has 0 spiro atoms. The fourth-order valence-electron chi connectivity index (χ4n) is 1.89. The van der Waals surface area contributed by atoms with Gasteiger partial charge >= 0.3 is 0 Å². The molecule has 5 heteroatoms. The van der Waals surface area contributed by atoms with Crippen molar-refractivity contribution in [2.45, 2.75) is 25.9 Å². The second-order valence-electron chi connectivity index (χ2n) is 3.71. The van der Waals surface area contributed by atoms with Gasteiger partial charge in [0.15, 0.2) is 0 Å². The Morgan fingerprint density at radius 3 is 3.00 bits per heavy atom. The maximum Gasteiger partial charge on any atom is 0.137 e. The summed E-state index contributed by atoms with van der Waals surface area (Å²) in [5, 5.41) is 9.99. The molecule has 1 fully saturated rings. The van der Waals surface area contributed by atoms with E-state index in [1.165, 1.54) is 6.33 Å². The van der Waals surface area contributed by atoms with E-state index in [1.54, 1.807) is 0 Å². The van der Waals surface area contributed by atoms with E-state index < -0.39 is 0 Å². The van der Waals surface area contributed by atoms with Crippen molar-refractivity contribution < 1.29 is 5.11 Å². The van der Waals surface area contributed by atoms with Crippen LogP contribution in [0.1, 0.15) is 18.9 Å². The van der Waals surface area contributed by atoms with Gasteiger partial charge in [-0.2, -0.15) is 0 Å². The van der Waals surface area contributed by atoms with Crippen LogP contribution in [-0.2, 0) is 6.42 Å². The predicted octanol–water partition coefficient (Wildman–Crippen LogP) is 1.26. The molecule has 0 saturated carbocycles. The molecule has 1 unspecified atom stereocenters. The van der Waals surface area contributed by atoms with Gasteiger partial charge in [0.1, 0.15) is 17.3 Å². The minimum atomic E-state index is -0.247. The highest BCUT2D eigenvalue weighted by atomic mass is 35.5. The summed E-state index contributed by atoms with van der Waals surface area (Å²) < 4.78 is 0. The summed E-state index contributed by atoms with van der Waals surface area (Å²) in [6.45, 7) is 3.50. The highest BCUT2D eigenvalue weighted by molar-refractivity contribution is 6.30. The molecule has 1 saturated heterocycles. The number of aliphatic hydroxyl groups excluding tert-OH is 1. The lowest BCUT2D eigenvalue weighted by atomic mass is 10.2. The van der Waals surface area contributed by atoms with Crippen LogP contribution in [0, 0.1) is 0 Å². The average molecular weight is 228 g/mol. The van der Waals surface area contributed by atoms with Crippen LogP contribution in [0.4, 0.5) is 5.82 Å². The number of anilines is 1. The molecule has 1 aromatic rings. The number of β-amino-alcohol motifs (C(OH)–C–C–N with tert-alkyl or cyclic N) is 1. The zero-order valence-electron chi connectivity index (χ0n) is 8.65. The first-order valence-electron chi connectivity index (χ1n) is 5.14. The van der Waals surface area contributed by atoms with E-state index in [-0.39, 0.29) is 6.10 Å². The fourth-order valence-corrected chi connectivity index (χ4v) is 2.15. The molecular formula is C10H14ClN3O. The Balaban J connectivity index is 2.31. The Bertz CT molecular complexity index is 359. The van der Waals surface area contributed by atoms with Crippen molar-refractivity contribution in [1.82, 2.24) is 9.97 Å². The molecule has 1 aliphatic rings. The minimum Gasteiger partial charge on any atom is -0.391 e. The van der Waals surface area contributed by atoms with Gasteiger partial charge in [-0.05, 0) is 12.8 Å². The van der Waals surface area contributed by atoms with Crippen molar-refractivity contribution in [3.05, 3.63) is 17.0 Å². The molecule has 0 aliphatic carbocycles. The molecule has 1 aliphatic heterocycles. The van der Waals surface area contributed by atoms with E-state index in [0.29, 0.717) is 11.7 Å². The van der Waals surface area contributed by atoms with Gasteiger partial charge in [-0.15, -0.1) is 0 Å². The molecule has 82 valence electrons. The average Bonchev–Trinajstić information content (AvgIpc) is 2.64. The molecule has 0 bridgehead atoms. The van der Waals surface area contributed by atoms with Crippen LogP contribution in [0.25, 0.3) is 0 Å². The summed E-state index contributed by atoms with van der Waals surface area (Å²) >= 11 is 6.00. The first-order chi connectivity index (χ1) is 7.22. The van der Waals surface area contributed by atoms with Gasteiger partial charge in [0, 0.05) is 18.7 Å². The maximum atomic E-state index is 9.48. The van der Waals surface area contributed by atoms with Crippen LogP contribution in [0.5, 0.6) is 0 Å². The highest BCUT2D eigenvalue weighted by Gasteiger charge is 2.23. The van der Waals surface area contributed by atoms with Gasteiger partial charge in [-0.1, -0.05) is 18.5 Å². The van der Waals surface area contributed by atoms with E-state index >= 15 is 0 Å². The van der Waals surface area contributed by atoms with E-state index in [4.69, 9.17) is 11.6 Å². The van der Waals surface area contributed by atoms with E-state index in [2.05, 4.69) is 14.9 Å². The van der Waals surface area contributed by atoms with Crippen LogP contribution < -0.4 is 4.90 Å². The zero-order valence-corrected chi connectivity index (χ0v) is 9.41. The van der Waals surface area contributed by atoms with Crippen molar-refractivity contribution in [3.63, 3.8) is 0 Å². The molecule has 0 aromatic carbocycles. The lowest BCUT2D eigenvalue weighted by Gasteiger charge is -2.19. The molecule has 1 atom stereocenters. The molecule has 15 heavy (non-hydrogen) atoms. The van der Waals surface area contributed by atoms with Crippen LogP contribution in [0.2, 0.25) is 5.15 Å². The van der Waals surface area contributed by atoms with E-state index in [9.17, 15) is 5.11 Å². The second kappa shape index (κ2) is 4.33. The van der Waals surface area contributed by atoms with Gasteiger partial charge in [0.05, 0.1) is 6.10 Å². The molecule has 2 heterocycles. The number of aliphatic hydroxyl groups is 1. The number of halogens is 1. The highest BCUT2D eigenvalue weighted by Crippen LogP contribution is 2.26. The molecule has 0 amide bonds. The van der Waals surface area contributed by atoms with Crippen LogP contribution in [0.15, 0.2) is 6.33 Å². The summed E-state index contributed by atoms with van der Waals surface area (Å²) in [5.74, 6) is 0.869. The molecule has 0 radical (unpaired) electrons. The van der Waals surface area contributed by atoms with Crippen molar-refractivity contribution >= 4 is 17.4 Å². The predicted molar refractivity (Wildman–Crippen MR) is 59.3 cm³/mol. The monoisotopic (exact) mass is 227 g/mol. The van der Waals surface area contributed by atoms with Crippen LogP contribution >= 0.6 is 11.6 Å². The largest absolute Gasteiger partial charge is 0.391 e. The normalized spacial score (nSPS) is 21.0. The third kappa shape index (κ3) is 2.06. The fraction of sp³-hybridized carbons (Fsp3) is 0.600. The lowest BCUT2D eigenvalue weighted by Crippen LogP contribution is -2.23. The topological polar surface area (TPSA) is 49.2 Å². The summed E-state index contributed by atoms with van der Waals surface area (Å²) in [4.78, 5) is 10.3. The molecule has 2 rings (SSSR count). The van der Waals surface area contributed by atoms with E-state index in [0.717, 1.165) is 30.8 Å². The SMILES string of the molecule is CCc1c(Cl)ncnc1N1CCC(O)C1. The number of hydrogen-bond acceptors (Lipinski definition) is 4. The van der Waals surface area contributed by atoms with E-state index in [1.807, 2.05) is 6.92 Å². The second-order valence-corrected chi connectivity index (χ2v) is 4.07. The van der Waals surface area contributed by atoms with Crippen molar-refractivity contribution in [2.75, 3.05) is 18.0 Å². The number of rotatable bonds is 2. The third-order valence-electron chi connectivity index (χ3n) is 2.69. The number of nitrogens with zero attached hydrogens (tertiary/aromatic N) is 3. The van der Waals surface area contributed by atoms with Crippen molar-refractivity contribution in [2.24, 2.45) is 0 Å². The molecule has 1 aromatic heterocycles. The first-order valence-corrected chi connectivity index (χ1v) is 5.52. The van der Waals surface area contributed by atoms with Gasteiger partial charge in [0.2, 0.25) is 0 Å². The van der Waals surface area contributed by atoms with Crippen molar-refractivity contribution in [1.29, 1.82) is 0 Å². The summed E-state index contributed by atoms with van der Waals surface area (Å²) in [5.41, 5.74) is 0.966. The zero-order chi connectivity index (χ0) is 10.8. The summed E-state index contributed by atoms with van der Waals surface area (Å²) in [7, 11) is 0.